The molecule has 2 N–H and O–H groups in total. The van der Waals surface area contributed by atoms with E-state index in [0.29, 0.717) is 25.0 Å². The summed E-state index contributed by atoms with van der Waals surface area (Å²) in [6.45, 7) is 7.07. The standard InChI is InChI=1S/C23H46O4/c1-4-5-6-12-15-22(27-18-17-21(3)24)19-20(2)14-11-9-7-8-10-13-16-23(25)26/h20-22,24H,4-19H2,1-3H3,(H,25,26). The van der Waals surface area contributed by atoms with E-state index in [1.165, 1.54) is 51.4 Å². The highest BCUT2D eigenvalue weighted by Gasteiger charge is 2.14. The zero-order chi connectivity index (χ0) is 20.3. The molecule has 0 amide bonds. The molecule has 4 heteroatoms. The molecule has 0 saturated heterocycles. The van der Waals surface area contributed by atoms with Crippen molar-refractivity contribution in [3.8, 4) is 0 Å². The van der Waals surface area contributed by atoms with Crippen LogP contribution in [0.15, 0.2) is 0 Å². The molecule has 3 unspecified atom stereocenters. The van der Waals surface area contributed by atoms with Crippen LogP contribution in [0.3, 0.4) is 0 Å². The van der Waals surface area contributed by atoms with Gasteiger partial charge in [0.15, 0.2) is 0 Å². The summed E-state index contributed by atoms with van der Waals surface area (Å²) in [5, 5.41) is 18.1. The predicted octanol–water partition coefficient (Wildman–Crippen LogP) is 6.34. The average Bonchev–Trinajstić information content (AvgIpc) is 2.60. The van der Waals surface area contributed by atoms with Crippen molar-refractivity contribution >= 4 is 5.97 Å². The van der Waals surface area contributed by atoms with Crippen LogP contribution in [0.5, 0.6) is 0 Å². The van der Waals surface area contributed by atoms with Crippen LogP contribution in [0.2, 0.25) is 0 Å². The smallest absolute Gasteiger partial charge is 0.303 e. The van der Waals surface area contributed by atoms with Gasteiger partial charge in [0.2, 0.25) is 0 Å². The van der Waals surface area contributed by atoms with Crippen LogP contribution in [0, 0.1) is 5.92 Å². The first-order chi connectivity index (χ1) is 13.0. The van der Waals surface area contributed by atoms with Crippen molar-refractivity contribution in [3.63, 3.8) is 0 Å². The molecule has 0 fully saturated rings. The summed E-state index contributed by atoms with van der Waals surface area (Å²) in [5.41, 5.74) is 0. The molecular formula is C23H46O4. The van der Waals surface area contributed by atoms with Crippen molar-refractivity contribution < 1.29 is 19.7 Å². The minimum atomic E-state index is -0.677. The molecule has 0 radical (unpaired) electrons. The Labute approximate surface area is 168 Å². The van der Waals surface area contributed by atoms with Crippen LogP contribution in [0.25, 0.3) is 0 Å². The second-order valence-corrected chi connectivity index (χ2v) is 8.37. The quantitative estimate of drug-likeness (QED) is 0.239. The van der Waals surface area contributed by atoms with E-state index in [4.69, 9.17) is 9.84 Å². The summed E-state index contributed by atoms with van der Waals surface area (Å²) in [7, 11) is 0. The number of aliphatic hydroxyl groups excluding tert-OH is 1. The van der Waals surface area contributed by atoms with Crippen molar-refractivity contribution in [2.45, 2.75) is 129 Å². The summed E-state index contributed by atoms with van der Waals surface area (Å²) in [6.07, 6.45) is 16.5. The van der Waals surface area contributed by atoms with E-state index in [0.717, 1.165) is 38.5 Å². The van der Waals surface area contributed by atoms with Crippen molar-refractivity contribution in [1.29, 1.82) is 0 Å². The predicted molar refractivity (Wildman–Crippen MR) is 113 cm³/mol. The fourth-order valence-electron chi connectivity index (χ4n) is 3.52. The van der Waals surface area contributed by atoms with Gasteiger partial charge in [-0.2, -0.15) is 0 Å². The fourth-order valence-corrected chi connectivity index (χ4v) is 3.52. The summed E-state index contributed by atoms with van der Waals surface area (Å²) >= 11 is 0. The molecule has 0 aliphatic rings. The molecule has 27 heavy (non-hydrogen) atoms. The van der Waals surface area contributed by atoms with E-state index in [9.17, 15) is 9.90 Å². The van der Waals surface area contributed by atoms with Crippen LogP contribution in [0.4, 0.5) is 0 Å². The highest BCUT2D eigenvalue weighted by molar-refractivity contribution is 5.66. The number of aliphatic carboxylic acids is 1. The van der Waals surface area contributed by atoms with E-state index in [2.05, 4.69) is 13.8 Å². The van der Waals surface area contributed by atoms with Gasteiger partial charge in [0, 0.05) is 13.0 Å². The lowest BCUT2D eigenvalue weighted by Gasteiger charge is -2.22. The lowest BCUT2D eigenvalue weighted by Crippen LogP contribution is -2.19. The maximum absolute atomic E-state index is 10.5. The monoisotopic (exact) mass is 386 g/mol. The summed E-state index contributed by atoms with van der Waals surface area (Å²) in [6, 6.07) is 0. The van der Waals surface area contributed by atoms with E-state index < -0.39 is 5.97 Å². The van der Waals surface area contributed by atoms with Gasteiger partial charge in [-0.1, -0.05) is 78.1 Å². The van der Waals surface area contributed by atoms with Crippen LogP contribution in [0.1, 0.15) is 117 Å². The Hall–Kier alpha value is -0.610. The van der Waals surface area contributed by atoms with Crippen LogP contribution in [-0.4, -0.2) is 35.0 Å². The molecule has 0 heterocycles. The molecule has 0 bridgehead atoms. The van der Waals surface area contributed by atoms with E-state index >= 15 is 0 Å². The number of rotatable bonds is 20. The average molecular weight is 387 g/mol. The third-order valence-electron chi connectivity index (χ3n) is 5.27. The second kappa shape index (κ2) is 18.7. The minimum absolute atomic E-state index is 0.279. The van der Waals surface area contributed by atoms with Gasteiger partial charge < -0.3 is 14.9 Å². The van der Waals surface area contributed by atoms with Gasteiger partial charge in [-0.05, 0) is 38.5 Å². The van der Waals surface area contributed by atoms with Crippen LogP contribution in [-0.2, 0) is 9.53 Å². The fraction of sp³-hybridized carbons (Fsp3) is 0.957. The molecule has 3 atom stereocenters. The molecule has 162 valence electrons. The Morgan fingerprint density at radius 3 is 2.07 bits per heavy atom. The molecular weight excluding hydrogens is 340 g/mol. The van der Waals surface area contributed by atoms with Gasteiger partial charge in [0.05, 0.1) is 12.2 Å². The Balaban J connectivity index is 3.86. The number of hydrogen-bond acceptors (Lipinski definition) is 3. The number of carboxylic acid groups (broad SMARTS) is 1. The number of hydrogen-bond donors (Lipinski definition) is 2. The number of carboxylic acids is 1. The molecule has 0 spiro atoms. The molecule has 0 rings (SSSR count). The first-order valence-electron chi connectivity index (χ1n) is 11.5. The number of aliphatic hydroxyl groups is 1. The second-order valence-electron chi connectivity index (χ2n) is 8.37. The van der Waals surface area contributed by atoms with Crippen molar-refractivity contribution in [3.05, 3.63) is 0 Å². The van der Waals surface area contributed by atoms with Gasteiger partial charge in [-0.15, -0.1) is 0 Å². The highest BCUT2D eigenvalue weighted by atomic mass is 16.5. The van der Waals surface area contributed by atoms with Crippen LogP contribution >= 0.6 is 0 Å². The van der Waals surface area contributed by atoms with Crippen molar-refractivity contribution in [1.82, 2.24) is 0 Å². The Bertz CT molecular complexity index is 330. The molecule has 0 aromatic carbocycles. The van der Waals surface area contributed by atoms with E-state index in [-0.39, 0.29) is 6.10 Å². The summed E-state index contributed by atoms with van der Waals surface area (Å²) in [4.78, 5) is 10.5. The molecule has 0 aromatic rings. The first kappa shape index (κ1) is 26.4. The molecule has 0 aliphatic carbocycles. The lowest BCUT2D eigenvalue weighted by atomic mass is 9.94. The topological polar surface area (TPSA) is 66.8 Å². The van der Waals surface area contributed by atoms with E-state index in [1.54, 1.807) is 0 Å². The molecule has 4 nitrogen and oxygen atoms in total. The molecule has 0 aliphatic heterocycles. The SMILES string of the molecule is CCCCCCC(CC(C)CCCCCCCCC(=O)O)OCCC(C)O. The Morgan fingerprint density at radius 2 is 1.44 bits per heavy atom. The van der Waals surface area contributed by atoms with E-state index in [1.807, 2.05) is 6.92 Å². The Morgan fingerprint density at radius 1 is 0.852 bits per heavy atom. The third kappa shape index (κ3) is 19.9. The van der Waals surface area contributed by atoms with Crippen molar-refractivity contribution in [2.24, 2.45) is 5.92 Å². The van der Waals surface area contributed by atoms with Crippen LogP contribution < -0.4 is 0 Å². The molecule has 0 aromatic heterocycles. The van der Waals surface area contributed by atoms with Crippen molar-refractivity contribution in [2.75, 3.05) is 6.61 Å². The summed E-state index contributed by atoms with van der Waals surface area (Å²) < 4.78 is 6.09. The number of ether oxygens (including phenoxy) is 1. The Kier molecular flexibility index (Phi) is 18.3. The third-order valence-corrected chi connectivity index (χ3v) is 5.27. The maximum Gasteiger partial charge on any atom is 0.303 e. The summed E-state index contributed by atoms with van der Waals surface area (Å²) in [5.74, 6) is 0.00322. The maximum atomic E-state index is 10.5. The number of unbranched alkanes of at least 4 members (excludes halogenated alkanes) is 8. The molecule has 0 saturated carbocycles. The zero-order valence-corrected chi connectivity index (χ0v) is 18.3. The van der Waals surface area contributed by atoms with Gasteiger partial charge in [0.25, 0.3) is 0 Å². The van der Waals surface area contributed by atoms with Gasteiger partial charge in [-0.3, -0.25) is 4.79 Å². The van der Waals surface area contributed by atoms with Gasteiger partial charge >= 0.3 is 5.97 Å². The number of carbonyl (C=O) groups is 1. The minimum Gasteiger partial charge on any atom is -0.481 e. The van der Waals surface area contributed by atoms with Gasteiger partial charge in [-0.25, -0.2) is 0 Å². The normalized spacial score (nSPS) is 14.8. The largest absolute Gasteiger partial charge is 0.481 e. The van der Waals surface area contributed by atoms with Gasteiger partial charge in [0.1, 0.15) is 0 Å². The first-order valence-corrected chi connectivity index (χ1v) is 11.5. The zero-order valence-electron chi connectivity index (χ0n) is 18.3. The lowest BCUT2D eigenvalue weighted by molar-refractivity contribution is -0.137. The highest BCUT2D eigenvalue weighted by Crippen LogP contribution is 2.21.